The Labute approximate surface area is 222 Å². The van der Waals surface area contributed by atoms with Crippen LogP contribution in [-0.4, -0.2) is 36.2 Å². The fraction of sp³-hybridized carbons (Fsp3) is 0.250. The van der Waals surface area contributed by atoms with Crippen LogP contribution in [0.2, 0.25) is 0 Å². The summed E-state index contributed by atoms with van der Waals surface area (Å²) in [6.07, 6.45) is 0.698. The third kappa shape index (κ3) is 5.41. The average molecular weight is 509 g/mol. The number of carbonyl (C=O) groups excluding carboxylic acids is 1. The molecule has 38 heavy (non-hydrogen) atoms. The maximum atomic E-state index is 12.7. The van der Waals surface area contributed by atoms with E-state index in [1.54, 1.807) is 0 Å². The second-order valence-electron chi connectivity index (χ2n) is 9.92. The van der Waals surface area contributed by atoms with E-state index in [1.165, 1.54) is 16.3 Å². The van der Waals surface area contributed by atoms with Crippen LogP contribution >= 0.6 is 0 Å². The first-order valence-corrected chi connectivity index (χ1v) is 13.0. The first kappa shape index (κ1) is 25.5. The third-order valence-electron chi connectivity index (χ3n) is 7.34. The molecular formula is C32H32N2O4. The summed E-state index contributed by atoms with van der Waals surface area (Å²) in [5, 5.41) is 17.6. The van der Waals surface area contributed by atoms with Crippen molar-refractivity contribution < 1.29 is 19.4 Å². The van der Waals surface area contributed by atoms with Crippen LogP contribution in [0.3, 0.4) is 0 Å². The summed E-state index contributed by atoms with van der Waals surface area (Å²) in [5.41, 5.74) is 4.66. The number of hydrogen-bond acceptors (Lipinski definition) is 4. The number of carboxylic acid groups (broad SMARTS) is 1. The van der Waals surface area contributed by atoms with E-state index >= 15 is 0 Å². The van der Waals surface area contributed by atoms with Gasteiger partial charge in [-0.15, -0.1) is 0 Å². The van der Waals surface area contributed by atoms with Crippen molar-refractivity contribution >= 4 is 22.6 Å². The van der Waals surface area contributed by atoms with Crippen molar-refractivity contribution in [2.24, 2.45) is 0 Å². The summed E-state index contributed by atoms with van der Waals surface area (Å²) in [6.45, 7) is 4.30. The number of rotatable bonds is 8. The average Bonchev–Trinajstić information content (AvgIpc) is 2.94. The molecular weight excluding hydrogens is 476 g/mol. The van der Waals surface area contributed by atoms with E-state index in [-0.39, 0.29) is 24.0 Å². The van der Waals surface area contributed by atoms with Crippen LogP contribution in [0.4, 0.5) is 0 Å². The summed E-state index contributed by atoms with van der Waals surface area (Å²) in [6, 6.07) is 28.9. The lowest BCUT2D eigenvalue weighted by Crippen LogP contribution is -2.37. The molecule has 3 atom stereocenters. The zero-order valence-corrected chi connectivity index (χ0v) is 21.6. The highest BCUT2D eigenvalue weighted by molar-refractivity contribution is 5.97. The van der Waals surface area contributed by atoms with Gasteiger partial charge in [0.1, 0.15) is 18.4 Å². The second kappa shape index (κ2) is 11.1. The number of benzene rings is 4. The van der Waals surface area contributed by atoms with E-state index in [4.69, 9.17) is 9.84 Å². The van der Waals surface area contributed by atoms with Gasteiger partial charge in [0.2, 0.25) is 0 Å². The zero-order chi connectivity index (χ0) is 26.6. The maximum Gasteiger partial charge on any atom is 0.322 e. The monoisotopic (exact) mass is 508 g/mol. The minimum atomic E-state index is -1.07. The van der Waals surface area contributed by atoms with Crippen molar-refractivity contribution in [3.05, 3.63) is 113 Å². The molecule has 0 aliphatic carbocycles. The Morgan fingerprint density at radius 3 is 2.61 bits per heavy atom. The van der Waals surface area contributed by atoms with Gasteiger partial charge < -0.3 is 20.5 Å². The number of ether oxygens (including phenoxy) is 1. The van der Waals surface area contributed by atoms with Crippen LogP contribution in [0.25, 0.3) is 10.8 Å². The van der Waals surface area contributed by atoms with Crippen LogP contribution < -0.4 is 15.4 Å². The van der Waals surface area contributed by atoms with Gasteiger partial charge in [-0.2, -0.15) is 0 Å². The standard InChI is InChI=1S/C32H32N2O4/c1-20-14-15-23(16-28(20)32(37)34-19-31(35)36)29-17-24(38-30-13-6-5-11-27(29)30)18-33-21(2)25-12-7-9-22-8-3-4-10-26(22)25/h3-16,21,24,29,33H,17-19H2,1-2H3,(H,34,37)(H,35,36). The lowest BCUT2D eigenvalue weighted by Gasteiger charge is -2.33. The molecule has 3 unspecified atom stereocenters. The normalized spacial score (nSPS) is 17.3. The van der Waals surface area contributed by atoms with Crippen molar-refractivity contribution in [1.29, 1.82) is 0 Å². The van der Waals surface area contributed by atoms with E-state index in [9.17, 15) is 9.59 Å². The number of aliphatic carboxylic acids is 1. The topological polar surface area (TPSA) is 87.7 Å². The van der Waals surface area contributed by atoms with Gasteiger partial charge in [0.25, 0.3) is 5.91 Å². The summed E-state index contributed by atoms with van der Waals surface area (Å²) >= 11 is 0. The van der Waals surface area contributed by atoms with Gasteiger partial charge in [-0.1, -0.05) is 72.8 Å². The summed E-state index contributed by atoms with van der Waals surface area (Å²) in [4.78, 5) is 23.6. The molecule has 6 heteroatoms. The molecule has 1 heterocycles. The minimum Gasteiger partial charge on any atom is -0.489 e. The molecule has 0 radical (unpaired) electrons. The largest absolute Gasteiger partial charge is 0.489 e. The predicted octanol–water partition coefficient (Wildman–Crippen LogP) is 5.60. The number of aryl methyl sites for hydroxylation is 1. The third-order valence-corrected chi connectivity index (χ3v) is 7.34. The van der Waals surface area contributed by atoms with Gasteiger partial charge in [-0.25, -0.2) is 0 Å². The van der Waals surface area contributed by atoms with E-state index in [0.717, 1.165) is 28.9 Å². The van der Waals surface area contributed by atoms with Crippen molar-refractivity contribution in [3.63, 3.8) is 0 Å². The number of fused-ring (bicyclic) bond motifs is 2. The summed E-state index contributed by atoms with van der Waals surface area (Å²) < 4.78 is 6.42. The molecule has 0 bridgehead atoms. The van der Waals surface area contributed by atoms with Gasteiger partial charge in [0.05, 0.1) is 0 Å². The Morgan fingerprint density at radius 2 is 1.76 bits per heavy atom. The molecule has 0 aromatic heterocycles. The number of hydrogen-bond donors (Lipinski definition) is 3. The van der Waals surface area contributed by atoms with Gasteiger partial charge >= 0.3 is 5.97 Å². The highest BCUT2D eigenvalue weighted by Gasteiger charge is 2.30. The highest BCUT2D eigenvalue weighted by atomic mass is 16.5. The first-order valence-electron chi connectivity index (χ1n) is 13.0. The Balaban J connectivity index is 1.37. The second-order valence-corrected chi connectivity index (χ2v) is 9.92. The quantitative estimate of drug-likeness (QED) is 0.289. The minimum absolute atomic E-state index is 0.0474. The molecule has 1 aliphatic heterocycles. The van der Waals surface area contributed by atoms with Gasteiger partial charge in [-0.3, -0.25) is 9.59 Å². The van der Waals surface area contributed by atoms with E-state index in [1.807, 2.05) is 37.3 Å². The van der Waals surface area contributed by atoms with E-state index in [2.05, 4.69) is 72.2 Å². The molecule has 0 saturated carbocycles. The van der Waals surface area contributed by atoms with Crippen LogP contribution in [0.5, 0.6) is 5.75 Å². The highest BCUT2D eigenvalue weighted by Crippen LogP contribution is 2.41. The van der Waals surface area contributed by atoms with Gasteiger partial charge in [-0.05, 0) is 59.9 Å². The lowest BCUT2D eigenvalue weighted by molar-refractivity contribution is -0.135. The molecule has 1 aliphatic rings. The fourth-order valence-electron chi connectivity index (χ4n) is 5.33. The van der Waals surface area contributed by atoms with Crippen LogP contribution in [0, 0.1) is 6.92 Å². The van der Waals surface area contributed by atoms with Crippen molar-refractivity contribution in [2.45, 2.75) is 38.3 Å². The van der Waals surface area contributed by atoms with Crippen molar-refractivity contribution in [3.8, 4) is 5.75 Å². The SMILES string of the molecule is Cc1ccc(C2CC(CNC(C)c3cccc4ccccc34)Oc3ccccc32)cc1C(=O)NCC(=O)O. The summed E-state index contributed by atoms with van der Waals surface area (Å²) in [5.74, 6) is -0.551. The Morgan fingerprint density at radius 1 is 1.00 bits per heavy atom. The Hall–Kier alpha value is -4.16. The fourth-order valence-corrected chi connectivity index (χ4v) is 5.33. The van der Waals surface area contributed by atoms with E-state index in [0.29, 0.717) is 12.1 Å². The molecule has 4 aromatic carbocycles. The zero-order valence-electron chi connectivity index (χ0n) is 21.6. The lowest BCUT2D eigenvalue weighted by atomic mass is 9.83. The molecule has 0 spiro atoms. The number of amides is 1. The molecule has 4 aromatic rings. The van der Waals surface area contributed by atoms with Gasteiger partial charge in [0, 0.05) is 29.6 Å². The number of carboxylic acids is 1. The van der Waals surface area contributed by atoms with Crippen molar-refractivity contribution in [1.82, 2.24) is 10.6 Å². The van der Waals surface area contributed by atoms with Crippen molar-refractivity contribution in [2.75, 3.05) is 13.1 Å². The smallest absolute Gasteiger partial charge is 0.322 e. The van der Waals surface area contributed by atoms with E-state index < -0.39 is 12.5 Å². The van der Waals surface area contributed by atoms with Crippen LogP contribution in [-0.2, 0) is 4.79 Å². The molecule has 194 valence electrons. The van der Waals surface area contributed by atoms with Gasteiger partial charge in [0.15, 0.2) is 0 Å². The molecule has 3 N–H and O–H groups in total. The number of nitrogens with one attached hydrogen (secondary N) is 2. The molecule has 0 fully saturated rings. The Bertz CT molecular complexity index is 1480. The molecule has 6 nitrogen and oxygen atoms in total. The number of para-hydroxylation sites is 1. The Kier molecular flexibility index (Phi) is 7.43. The summed E-state index contributed by atoms with van der Waals surface area (Å²) in [7, 11) is 0. The first-order chi connectivity index (χ1) is 18.4. The molecule has 0 saturated heterocycles. The molecule has 5 rings (SSSR count). The number of carbonyl (C=O) groups is 2. The van der Waals surface area contributed by atoms with Crippen LogP contribution in [0.15, 0.2) is 84.9 Å². The van der Waals surface area contributed by atoms with Crippen LogP contribution in [0.1, 0.15) is 57.9 Å². The predicted molar refractivity (Wildman–Crippen MR) is 149 cm³/mol. The molecule has 1 amide bonds. The maximum absolute atomic E-state index is 12.7.